The largest absolute Gasteiger partial charge is 0.480 e. The SMILES string of the molecule is CCCC/C=C/C/C=C/CCCCCCCC(=O)OC[C@H](COP(=O)(O)OC[C@H](N)C(=O)O)OC(=O)CCCC/C=C/CCCCCCCCCCC. The monoisotopic (exact) mass is 772 g/mol. The second-order valence-corrected chi connectivity index (χ2v) is 15.2. The van der Waals surface area contributed by atoms with Gasteiger partial charge in [-0.15, -0.1) is 0 Å². The number of aliphatic carboxylic acids is 1. The second-order valence-electron chi connectivity index (χ2n) is 13.8. The first-order chi connectivity index (χ1) is 25.6. The third-order valence-corrected chi connectivity index (χ3v) is 9.56. The number of esters is 2. The van der Waals surface area contributed by atoms with Gasteiger partial charge in [-0.05, 0) is 64.2 Å². The zero-order chi connectivity index (χ0) is 39.3. The van der Waals surface area contributed by atoms with Crippen LogP contribution in [0.4, 0.5) is 0 Å². The number of carboxylic acid groups (broad SMARTS) is 1. The minimum atomic E-state index is -4.72. The van der Waals surface area contributed by atoms with Gasteiger partial charge in [0.05, 0.1) is 13.2 Å². The highest BCUT2D eigenvalue weighted by molar-refractivity contribution is 7.47. The van der Waals surface area contributed by atoms with Gasteiger partial charge in [-0.1, -0.05) is 134 Å². The normalized spacial score (nSPS) is 14.2. The zero-order valence-corrected chi connectivity index (χ0v) is 34.0. The van der Waals surface area contributed by atoms with Gasteiger partial charge in [-0.3, -0.25) is 23.4 Å². The summed E-state index contributed by atoms with van der Waals surface area (Å²) in [4.78, 5) is 45.8. The average molecular weight is 772 g/mol. The van der Waals surface area contributed by atoms with E-state index in [9.17, 15) is 23.8 Å². The molecule has 1 unspecified atom stereocenters. The molecule has 0 aliphatic heterocycles. The van der Waals surface area contributed by atoms with Crippen molar-refractivity contribution in [1.82, 2.24) is 0 Å². The molecule has 11 nitrogen and oxygen atoms in total. The van der Waals surface area contributed by atoms with Crippen LogP contribution in [-0.2, 0) is 37.5 Å². The summed E-state index contributed by atoms with van der Waals surface area (Å²) in [5.74, 6) is -2.42. The topological polar surface area (TPSA) is 172 Å². The molecular formula is C41H74NO10P. The number of hydrogen-bond donors (Lipinski definition) is 3. The Morgan fingerprint density at radius 3 is 1.58 bits per heavy atom. The van der Waals surface area contributed by atoms with E-state index in [1.54, 1.807) is 0 Å². The highest BCUT2D eigenvalue weighted by Gasteiger charge is 2.28. The van der Waals surface area contributed by atoms with Crippen molar-refractivity contribution >= 4 is 25.7 Å². The molecule has 53 heavy (non-hydrogen) atoms. The zero-order valence-electron chi connectivity index (χ0n) is 33.1. The summed E-state index contributed by atoms with van der Waals surface area (Å²) < 4.78 is 32.6. The maximum absolute atomic E-state index is 12.6. The van der Waals surface area contributed by atoms with Crippen LogP contribution in [0.3, 0.4) is 0 Å². The van der Waals surface area contributed by atoms with E-state index in [0.717, 1.165) is 64.2 Å². The Bertz CT molecular complexity index is 1050. The number of carbonyl (C=O) groups excluding carboxylic acids is 2. The van der Waals surface area contributed by atoms with Crippen molar-refractivity contribution < 1.29 is 47.5 Å². The lowest BCUT2D eigenvalue weighted by Crippen LogP contribution is -2.34. The minimum Gasteiger partial charge on any atom is -0.480 e. The van der Waals surface area contributed by atoms with Crippen molar-refractivity contribution in [2.24, 2.45) is 5.73 Å². The summed E-state index contributed by atoms with van der Waals surface area (Å²) in [6.45, 7) is 2.72. The van der Waals surface area contributed by atoms with Crippen molar-refractivity contribution in [3.8, 4) is 0 Å². The van der Waals surface area contributed by atoms with Gasteiger partial charge in [-0.25, -0.2) is 4.57 Å². The van der Waals surface area contributed by atoms with Crippen LogP contribution in [0, 0.1) is 0 Å². The van der Waals surface area contributed by atoms with E-state index in [0.29, 0.717) is 12.8 Å². The number of carboxylic acids is 1. The number of hydrogen-bond acceptors (Lipinski definition) is 9. The maximum atomic E-state index is 12.6. The van der Waals surface area contributed by atoms with Crippen molar-refractivity contribution in [3.05, 3.63) is 36.5 Å². The molecule has 12 heteroatoms. The highest BCUT2D eigenvalue weighted by atomic mass is 31.2. The molecule has 0 saturated heterocycles. The number of allylic oxidation sites excluding steroid dienone is 6. The van der Waals surface area contributed by atoms with Gasteiger partial charge in [0.25, 0.3) is 0 Å². The highest BCUT2D eigenvalue weighted by Crippen LogP contribution is 2.43. The molecule has 0 aromatic carbocycles. The first-order valence-electron chi connectivity index (χ1n) is 20.5. The molecule has 0 aromatic rings. The predicted octanol–water partition coefficient (Wildman–Crippen LogP) is 10.4. The third kappa shape index (κ3) is 36.4. The first kappa shape index (κ1) is 50.7. The average Bonchev–Trinajstić information content (AvgIpc) is 3.13. The lowest BCUT2D eigenvalue weighted by Gasteiger charge is -2.20. The van der Waals surface area contributed by atoms with E-state index >= 15 is 0 Å². The molecule has 3 atom stereocenters. The van der Waals surface area contributed by atoms with Gasteiger partial charge in [-0.2, -0.15) is 0 Å². The Kier molecular flexibility index (Phi) is 35.1. The number of phosphoric ester groups is 1. The standard InChI is InChI=1S/C41H74NO10P/c1-3-5-7-9-11-13-15-17-19-21-23-25-27-29-31-33-40(44)52-37(35-50-53(47,48)51-36-38(42)41(45)46)34-49-39(43)32-30-28-26-24-22-20-18-16-14-12-10-8-6-4-2/h10,12,16,18,23,25,37-38H,3-9,11,13-15,17,19-22,24,26-36,42H2,1-2H3,(H,45,46)(H,47,48)/b12-10+,18-16+,25-23+/t37-,38+/m1/s1. The second kappa shape index (κ2) is 36.7. The van der Waals surface area contributed by atoms with Crippen LogP contribution in [0.2, 0.25) is 0 Å². The fraction of sp³-hybridized carbons (Fsp3) is 0.780. The molecule has 0 aliphatic carbocycles. The molecular weight excluding hydrogens is 697 g/mol. The van der Waals surface area contributed by atoms with E-state index in [4.69, 9.17) is 24.8 Å². The van der Waals surface area contributed by atoms with Crippen LogP contribution in [0.25, 0.3) is 0 Å². The Balaban J connectivity index is 4.45. The number of rotatable bonds is 38. The molecule has 308 valence electrons. The summed E-state index contributed by atoms with van der Waals surface area (Å²) in [6, 6.07) is -1.53. The molecule has 0 spiro atoms. The fourth-order valence-corrected chi connectivity index (χ4v) is 6.09. The quantitative estimate of drug-likeness (QED) is 0.0236. The predicted molar refractivity (Wildman–Crippen MR) is 212 cm³/mol. The number of carbonyl (C=O) groups is 3. The van der Waals surface area contributed by atoms with Gasteiger partial charge in [0.2, 0.25) is 0 Å². The Labute approximate surface area is 321 Å². The van der Waals surface area contributed by atoms with Crippen molar-refractivity contribution in [2.45, 2.75) is 187 Å². The molecule has 0 fully saturated rings. The summed E-state index contributed by atoms with van der Waals surface area (Å²) in [5.41, 5.74) is 5.32. The maximum Gasteiger partial charge on any atom is 0.472 e. The Hall–Kier alpha value is -2.30. The number of ether oxygens (including phenoxy) is 2. The Morgan fingerprint density at radius 2 is 1.02 bits per heavy atom. The molecule has 0 bridgehead atoms. The van der Waals surface area contributed by atoms with E-state index < -0.39 is 51.1 Å². The van der Waals surface area contributed by atoms with E-state index in [1.165, 1.54) is 70.6 Å². The minimum absolute atomic E-state index is 0.128. The third-order valence-electron chi connectivity index (χ3n) is 8.61. The fourth-order valence-electron chi connectivity index (χ4n) is 5.31. The first-order valence-corrected chi connectivity index (χ1v) is 22.0. The van der Waals surface area contributed by atoms with E-state index in [-0.39, 0.29) is 19.4 Å². The summed E-state index contributed by atoms with van der Waals surface area (Å²) >= 11 is 0. The van der Waals surface area contributed by atoms with Crippen molar-refractivity contribution in [1.29, 1.82) is 0 Å². The molecule has 0 heterocycles. The molecule has 0 amide bonds. The van der Waals surface area contributed by atoms with Crippen LogP contribution in [0.1, 0.15) is 174 Å². The molecule has 4 N–H and O–H groups in total. The van der Waals surface area contributed by atoms with Crippen LogP contribution in [0.15, 0.2) is 36.5 Å². The van der Waals surface area contributed by atoms with Crippen LogP contribution >= 0.6 is 7.82 Å². The summed E-state index contributed by atoms with van der Waals surface area (Å²) in [7, 11) is -4.72. The number of unbranched alkanes of at least 4 members (excludes halogenated alkanes) is 18. The smallest absolute Gasteiger partial charge is 0.472 e. The van der Waals surface area contributed by atoms with Gasteiger partial charge >= 0.3 is 25.7 Å². The molecule has 0 aromatic heterocycles. The molecule has 0 saturated carbocycles. The summed E-state index contributed by atoms with van der Waals surface area (Å²) in [6.07, 6.45) is 37.8. The van der Waals surface area contributed by atoms with E-state index in [1.807, 2.05) is 0 Å². The number of nitrogens with two attached hydrogens (primary N) is 1. The molecule has 0 rings (SSSR count). The van der Waals surface area contributed by atoms with Crippen LogP contribution in [-0.4, -0.2) is 59.9 Å². The van der Waals surface area contributed by atoms with Gasteiger partial charge in [0, 0.05) is 12.8 Å². The van der Waals surface area contributed by atoms with Crippen molar-refractivity contribution in [2.75, 3.05) is 19.8 Å². The van der Waals surface area contributed by atoms with Gasteiger partial charge < -0.3 is 25.2 Å². The molecule has 0 radical (unpaired) electrons. The van der Waals surface area contributed by atoms with Gasteiger partial charge in [0.15, 0.2) is 6.10 Å². The van der Waals surface area contributed by atoms with Gasteiger partial charge in [0.1, 0.15) is 12.6 Å². The Morgan fingerprint density at radius 1 is 0.585 bits per heavy atom. The number of phosphoric acid groups is 1. The van der Waals surface area contributed by atoms with Crippen LogP contribution in [0.5, 0.6) is 0 Å². The van der Waals surface area contributed by atoms with E-state index in [2.05, 4.69) is 54.8 Å². The summed E-state index contributed by atoms with van der Waals surface area (Å²) in [5, 5.41) is 8.87. The van der Waals surface area contributed by atoms with Crippen molar-refractivity contribution in [3.63, 3.8) is 0 Å². The lowest BCUT2D eigenvalue weighted by atomic mass is 10.1. The molecule has 0 aliphatic rings. The lowest BCUT2D eigenvalue weighted by molar-refractivity contribution is -0.161. The van der Waals surface area contributed by atoms with Crippen LogP contribution < -0.4 is 5.73 Å².